The minimum atomic E-state index is -0.723. The van der Waals surface area contributed by atoms with E-state index in [2.05, 4.69) is 10.1 Å². The molecule has 1 aliphatic rings. The van der Waals surface area contributed by atoms with Crippen molar-refractivity contribution in [3.05, 3.63) is 83.9 Å². The number of halogens is 1. The van der Waals surface area contributed by atoms with Gasteiger partial charge in [0.1, 0.15) is 5.82 Å². The Labute approximate surface area is 195 Å². The molecule has 0 unspecified atom stereocenters. The maximum absolute atomic E-state index is 14.1. The van der Waals surface area contributed by atoms with Crippen LogP contribution in [0.4, 0.5) is 4.39 Å². The zero-order valence-corrected chi connectivity index (χ0v) is 19.0. The summed E-state index contributed by atoms with van der Waals surface area (Å²) < 4.78 is 15.9. The Morgan fingerprint density at radius 2 is 1.79 bits per heavy atom. The molecule has 3 N–H and O–H groups in total. The van der Waals surface area contributed by atoms with E-state index >= 15 is 0 Å². The van der Waals surface area contributed by atoms with Crippen LogP contribution in [0.1, 0.15) is 31.0 Å². The highest BCUT2D eigenvalue weighted by molar-refractivity contribution is 5.90. The molecule has 6 nitrogen and oxygen atoms in total. The van der Waals surface area contributed by atoms with E-state index in [1.165, 1.54) is 12.1 Å². The number of benzene rings is 2. The molecule has 1 fully saturated rings. The van der Waals surface area contributed by atoms with Crippen LogP contribution in [0.5, 0.6) is 0 Å². The Hall–Kier alpha value is -3.68. The van der Waals surface area contributed by atoms with E-state index in [1.807, 2.05) is 56.3 Å². The molecule has 2 aromatic carbocycles. The summed E-state index contributed by atoms with van der Waals surface area (Å²) in [7, 11) is 0. The number of hydrogen-bond donors (Lipinski definition) is 2. The monoisotopic (exact) mass is 453 g/mol. The minimum Gasteiger partial charge on any atom is -0.390 e. The summed E-state index contributed by atoms with van der Waals surface area (Å²) >= 11 is 0. The number of aryl methyl sites for hydroxylation is 1. The topological polar surface area (TPSA) is 89.3 Å². The molecule has 1 saturated carbocycles. The summed E-state index contributed by atoms with van der Waals surface area (Å²) in [6.45, 7) is 3.73. The molecule has 1 aliphatic carbocycles. The third-order valence-electron chi connectivity index (χ3n) is 6.64. The van der Waals surface area contributed by atoms with Crippen molar-refractivity contribution in [2.75, 3.05) is 0 Å². The first-order valence-corrected chi connectivity index (χ1v) is 11.3. The predicted molar refractivity (Wildman–Crippen MR) is 130 cm³/mol. The standard InChI is InChI=1S/C27H24FN5O/c1-16-10-23-30-13-19-12-22(18-4-3-5-21(28)11-18)24(31-25(19)33(23)32-16)17-6-8-20(9-7-17)27(29)14-26(2,34)15-27/h3-13,34H,14-15,29H2,1-2H3/t26-,27+. The van der Waals surface area contributed by atoms with Crippen molar-refractivity contribution in [1.82, 2.24) is 19.6 Å². The first-order valence-electron chi connectivity index (χ1n) is 11.3. The number of hydrogen-bond acceptors (Lipinski definition) is 5. The Kier molecular flexibility index (Phi) is 4.40. The summed E-state index contributed by atoms with van der Waals surface area (Å²) in [6.07, 6.45) is 2.81. The average Bonchev–Trinajstić information content (AvgIpc) is 3.18. The number of aromatic nitrogens is 4. The van der Waals surface area contributed by atoms with Gasteiger partial charge in [-0.2, -0.15) is 9.61 Å². The molecule has 0 atom stereocenters. The molecule has 0 radical (unpaired) electrons. The van der Waals surface area contributed by atoms with Gasteiger partial charge >= 0.3 is 0 Å². The summed E-state index contributed by atoms with van der Waals surface area (Å²) in [5.41, 5.74) is 11.6. The van der Waals surface area contributed by atoms with Crippen molar-refractivity contribution < 1.29 is 9.50 Å². The van der Waals surface area contributed by atoms with Crippen LogP contribution in [0.3, 0.4) is 0 Å². The minimum absolute atomic E-state index is 0.308. The lowest BCUT2D eigenvalue weighted by Crippen LogP contribution is -2.58. The average molecular weight is 454 g/mol. The quantitative estimate of drug-likeness (QED) is 0.411. The van der Waals surface area contributed by atoms with Gasteiger partial charge < -0.3 is 10.8 Å². The fourth-order valence-electron chi connectivity index (χ4n) is 5.22. The Morgan fingerprint density at radius 1 is 1.03 bits per heavy atom. The van der Waals surface area contributed by atoms with Gasteiger partial charge in [-0.3, -0.25) is 0 Å². The second-order valence-corrected chi connectivity index (χ2v) is 9.71. The van der Waals surface area contributed by atoms with Crippen LogP contribution in [0, 0.1) is 12.7 Å². The van der Waals surface area contributed by atoms with Crippen molar-refractivity contribution in [1.29, 1.82) is 0 Å². The van der Waals surface area contributed by atoms with Gasteiger partial charge in [0.15, 0.2) is 11.3 Å². The molecule has 34 heavy (non-hydrogen) atoms. The molecule has 0 aliphatic heterocycles. The van der Waals surface area contributed by atoms with Crippen molar-refractivity contribution in [2.24, 2.45) is 5.73 Å². The molecular formula is C27H24FN5O. The first kappa shape index (κ1) is 20.9. The van der Waals surface area contributed by atoms with Crippen molar-refractivity contribution in [2.45, 2.75) is 37.8 Å². The third-order valence-corrected chi connectivity index (χ3v) is 6.64. The normalized spacial score (nSPS) is 22.3. The van der Waals surface area contributed by atoms with Crippen LogP contribution in [0.2, 0.25) is 0 Å². The van der Waals surface area contributed by atoms with Gasteiger partial charge in [0.05, 0.1) is 17.0 Å². The second kappa shape index (κ2) is 7.16. The Balaban J connectivity index is 1.54. The zero-order chi connectivity index (χ0) is 23.7. The molecule has 0 spiro atoms. The number of nitrogens with two attached hydrogens (primary N) is 1. The van der Waals surface area contributed by atoms with E-state index in [1.54, 1.807) is 16.8 Å². The second-order valence-electron chi connectivity index (χ2n) is 9.71. The lowest BCUT2D eigenvalue weighted by Gasteiger charge is -2.49. The summed E-state index contributed by atoms with van der Waals surface area (Å²) in [4.78, 5) is 9.51. The Bertz CT molecular complexity index is 1560. The van der Waals surface area contributed by atoms with Crippen LogP contribution in [0.15, 0.2) is 66.9 Å². The highest BCUT2D eigenvalue weighted by Crippen LogP contribution is 2.46. The summed E-state index contributed by atoms with van der Waals surface area (Å²) in [5, 5.41) is 15.6. The van der Waals surface area contributed by atoms with Crippen molar-refractivity contribution in [3.8, 4) is 22.4 Å². The van der Waals surface area contributed by atoms with Gasteiger partial charge in [-0.05, 0) is 56.0 Å². The van der Waals surface area contributed by atoms with Gasteiger partial charge in [-0.15, -0.1) is 0 Å². The first-order chi connectivity index (χ1) is 16.2. The van der Waals surface area contributed by atoms with E-state index in [0.717, 1.165) is 44.7 Å². The Morgan fingerprint density at radius 3 is 2.50 bits per heavy atom. The van der Waals surface area contributed by atoms with Crippen LogP contribution in [0.25, 0.3) is 39.1 Å². The molecule has 6 rings (SSSR count). The molecule has 3 aromatic heterocycles. The molecular weight excluding hydrogens is 429 g/mol. The molecule has 0 amide bonds. The van der Waals surface area contributed by atoms with Gasteiger partial charge in [0, 0.05) is 34.3 Å². The largest absolute Gasteiger partial charge is 0.390 e. The lowest BCUT2D eigenvalue weighted by atomic mass is 9.63. The van der Waals surface area contributed by atoms with E-state index in [0.29, 0.717) is 18.5 Å². The van der Waals surface area contributed by atoms with E-state index in [-0.39, 0.29) is 5.82 Å². The van der Waals surface area contributed by atoms with E-state index in [9.17, 15) is 9.50 Å². The maximum atomic E-state index is 14.1. The molecule has 5 aromatic rings. The molecule has 3 heterocycles. The van der Waals surface area contributed by atoms with E-state index in [4.69, 9.17) is 10.7 Å². The van der Waals surface area contributed by atoms with Crippen molar-refractivity contribution >= 4 is 16.7 Å². The highest BCUT2D eigenvalue weighted by atomic mass is 19.1. The van der Waals surface area contributed by atoms with Gasteiger partial charge in [-0.1, -0.05) is 36.4 Å². The van der Waals surface area contributed by atoms with Crippen LogP contribution in [-0.2, 0) is 5.54 Å². The van der Waals surface area contributed by atoms with Crippen LogP contribution in [-0.4, -0.2) is 30.3 Å². The SMILES string of the molecule is Cc1cc2ncc3cc(-c4cccc(F)c4)c(-c4ccc([C@]5(N)C[C@@](C)(O)C5)cc4)nc3n2n1. The fraction of sp³-hybridized carbons (Fsp3) is 0.222. The highest BCUT2D eigenvalue weighted by Gasteiger charge is 2.49. The number of nitrogens with zero attached hydrogens (tertiary/aromatic N) is 4. The number of fused-ring (bicyclic) bond motifs is 3. The summed E-state index contributed by atoms with van der Waals surface area (Å²) in [6, 6.07) is 18.4. The van der Waals surface area contributed by atoms with Crippen molar-refractivity contribution in [3.63, 3.8) is 0 Å². The summed E-state index contributed by atoms with van der Waals surface area (Å²) in [5.74, 6) is -0.308. The number of aliphatic hydroxyl groups is 1. The van der Waals surface area contributed by atoms with Gasteiger partial charge in [0.2, 0.25) is 0 Å². The van der Waals surface area contributed by atoms with Gasteiger partial charge in [0.25, 0.3) is 0 Å². The smallest absolute Gasteiger partial charge is 0.165 e. The lowest BCUT2D eigenvalue weighted by molar-refractivity contribution is -0.0738. The maximum Gasteiger partial charge on any atom is 0.165 e. The zero-order valence-electron chi connectivity index (χ0n) is 19.0. The number of rotatable bonds is 3. The predicted octanol–water partition coefficient (Wildman–Crippen LogP) is 4.76. The van der Waals surface area contributed by atoms with Crippen LogP contribution >= 0.6 is 0 Å². The molecule has 170 valence electrons. The van der Waals surface area contributed by atoms with E-state index < -0.39 is 11.1 Å². The molecule has 0 saturated heterocycles. The molecule has 7 heteroatoms. The van der Waals surface area contributed by atoms with Crippen LogP contribution < -0.4 is 5.73 Å². The van der Waals surface area contributed by atoms with Gasteiger partial charge in [-0.25, -0.2) is 14.4 Å². The number of pyridine rings is 1. The third kappa shape index (κ3) is 3.36. The molecule has 0 bridgehead atoms. The fourth-order valence-corrected chi connectivity index (χ4v) is 5.22.